The highest BCUT2D eigenvalue weighted by Crippen LogP contribution is 2.19. The standard InChI is InChI=1S/C16H24N4O/c1-4-21-11-15(12(2)3)18-9-14-10-19-20-16(14)13-6-5-7-17-8-13/h5-8,10,12,15,18H,4,9,11H2,1-3H3,(H,19,20). The molecule has 0 aliphatic carbocycles. The van der Waals surface area contributed by atoms with E-state index in [1.807, 2.05) is 31.5 Å². The summed E-state index contributed by atoms with van der Waals surface area (Å²) in [6, 6.07) is 4.30. The molecule has 1 unspecified atom stereocenters. The quantitative estimate of drug-likeness (QED) is 0.784. The van der Waals surface area contributed by atoms with Gasteiger partial charge < -0.3 is 10.1 Å². The van der Waals surface area contributed by atoms with Crippen molar-refractivity contribution in [3.05, 3.63) is 36.3 Å². The second kappa shape index (κ2) is 7.90. The highest BCUT2D eigenvalue weighted by molar-refractivity contribution is 5.61. The highest BCUT2D eigenvalue weighted by Gasteiger charge is 2.14. The number of pyridine rings is 1. The van der Waals surface area contributed by atoms with Crippen molar-refractivity contribution in [2.24, 2.45) is 5.92 Å². The summed E-state index contributed by atoms with van der Waals surface area (Å²) < 4.78 is 5.55. The lowest BCUT2D eigenvalue weighted by Crippen LogP contribution is -2.37. The number of nitrogens with zero attached hydrogens (tertiary/aromatic N) is 2. The number of aromatic amines is 1. The van der Waals surface area contributed by atoms with Gasteiger partial charge in [0.15, 0.2) is 0 Å². The average Bonchev–Trinajstić information content (AvgIpc) is 2.96. The molecule has 2 heterocycles. The molecule has 5 heteroatoms. The number of rotatable bonds is 8. The van der Waals surface area contributed by atoms with Crippen molar-refractivity contribution in [3.63, 3.8) is 0 Å². The van der Waals surface area contributed by atoms with Crippen LogP contribution in [0.15, 0.2) is 30.7 Å². The Morgan fingerprint density at radius 3 is 2.86 bits per heavy atom. The normalized spacial score (nSPS) is 12.8. The number of hydrogen-bond donors (Lipinski definition) is 2. The van der Waals surface area contributed by atoms with Gasteiger partial charge in [-0.2, -0.15) is 5.10 Å². The monoisotopic (exact) mass is 288 g/mol. The minimum Gasteiger partial charge on any atom is -0.380 e. The Bertz CT molecular complexity index is 524. The van der Waals surface area contributed by atoms with Crippen molar-refractivity contribution in [3.8, 4) is 11.3 Å². The molecular formula is C16H24N4O. The summed E-state index contributed by atoms with van der Waals surface area (Å²) in [6.45, 7) is 8.67. The van der Waals surface area contributed by atoms with E-state index in [4.69, 9.17) is 4.74 Å². The fourth-order valence-electron chi connectivity index (χ4n) is 2.18. The Kier molecular flexibility index (Phi) is 5.90. The zero-order valence-electron chi connectivity index (χ0n) is 13.0. The van der Waals surface area contributed by atoms with Crippen molar-refractivity contribution in [2.45, 2.75) is 33.4 Å². The van der Waals surface area contributed by atoms with Gasteiger partial charge in [0.25, 0.3) is 0 Å². The van der Waals surface area contributed by atoms with Gasteiger partial charge in [-0.15, -0.1) is 0 Å². The van der Waals surface area contributed by atoms with Crippen molar-refractivity contribution < 1.29 is 4.74 Å². The van der Waals surface area contributed by atoms with Gasteiger partial charge in [-0.05, 0) is 25.0 Å². The van der Waals surface area contributed by atoms with Gasteiger partial charge in [-0.1, -0.05) is 13.8 Å². The minimum absolute atomic E-state index is 0.335. The molecule has 0 saturated heterocycles. The summed E-state index contributed by atoms with van der Waals surface area (Å²) in [6.07, 6.45) is 5.49. The number of nitrogens with one attached hydrogen (secondary N) is 2. The van der Waals surface area contributed by atoms with E-state index in [1.165, 1.54) is 0 Å². The molecule has 0 aliphatic heterocycles. The molecular weight excluding hydrogens is 264 g/mol. The average molecular weight is 288 g/mol. The van der Waals surface area contributed by atoms with Crippen molar-refractivity contribution in [1.82, 2.24) is 20.5 Å². The minimum atomic E-state index is 0.335. The fraction of sp³-hybridized carbons (Fsp3) is 0.500. The lowest BCUT2D eigenvalue weighted by molar-refractivity contribution is 0.108. The largest absolute Gasteiger partial charge is 0.380 e. The molecule has 1 atom stereocenters. The van der Waals surface area contributed by atoms with Crippen LogP contribution in [0.25, 0.3) is 11.3 Å². The molecule has 0 radical (unpaired) electrons. The van der Waals surface area contributed by atoms with Gasteiger partial charge in [0, 0.05) is 42.7 Å². The van der Waals surface area contributed by atoms with Crippen LogP contribution >= 0.6 is 0 Å². The van der Waals surface area contributed by atoms with Crippen LogP contribution in [-0.4, -0.2) is 34.4 Å². The second-order valence-electron chi connectivity index (χ2n) is 5.40. The topological polar surface area (TPSA) is 62.8 Å². The molecule has 2 N–H and O–H groups in total. The Labute approximate surface area is 126 Å². The number of ether oxygens (including phenoxy) is 1. The van der Waals surface area contributed by atoms with Crippen molar-refractivity contribution in [2.75, 3.05) is 13.2 Å². The van der Waals surface area contributed by atoms with E-state index >= 15 is 0 Å². The van der Waals surface area contributed by atoms with E-state index in [2.05, 4.69) is 34.3 Å². The van der Waals surface area contributed by atoms with E-state index in [0.29, 0.717) is 12.0 Å². The molecule has 2 rings (SSSR count). The third-order valence-electron chi connectivity index (χ3n) is 3.53. The number of H-pyrrole nitrogens is 1. The maximum Gasteiger partial charge on any atom is 0.0710 e. The SMILES string of the molecule is CCOCC(NCc1cn[nH]c1-c1cccnc1)C(C)C. The Morgan fingerprint density at radius 2 is 2.19 bits per heavy atom. The predicted molar refractivity (Wildman–Crippen MR) is 83.8 cm³/mol. The smallest absolute Gasteiger partial charge is 0.0710 e. The van der Waals surface area contributed by atoms with Gasteiger partial charge in [0.05, 0.1) is 18.5 Å². The maximum absolute atomic E-state index is 5.55. The summed E-state index contributed by atoms with van der Waals surface area (Å²) in [5.41, 5.74) is 3.22. The van der Waals surface area contributed by atoms with Gasteiger partial charge in [-0.25, -0.2) is 0 Å². The molecule has 0 fully saturated rings. The van der Waals surface area contributed by atoms with E-state index in [1.54, 1.807) is 6.20 Å². The molecule has 5 nitrogen and oxygen atoms in total. The molecule has 2 aromatic rings. The summed E-state index contributed by atoms with van der Waals surface area (Å²) in [4.78, 5) is 4.16. The first-order valence-electron chi connectivity index (χ1n) is 7.46. The van der Waals surface area contributed by atoms with E-state index in [0.717, 1.165) is 36.6 Å². The first-order valence-corrected chi connectivity index (χ1v) is 7.46. The van der Waals surface area contributed by atoms with Gasteiger partial charge in [0.2, 0.25) is 0 Å². The first-order chi connectivity index (χ1) is 10.2. The van der Waals surface area contributed by atoms with E-state index in [9.17, 15) is 0 Å². The Morgan fingerprint density at radius 1 is 1.33 bits per heavy atom. The summed E-state index contributed by atoms with van der Waals surface area (Å²) in [7, 11) is 0. The summed E-state index contributed by atoms with van der Waals surface area (Å²) >= 11 is 0. The van der Waals surface area contributed by atoms with Gasteiger partial charge >= 0.3 is 0 Å². The molecule has 21 heavy (non-hydrogen) atoms. The molecule has 0 amide bonds. The van der Waals surface area contributed by atoms with Crippen LogP contribution in [0.5, 0.6) is 0 Å². The third kappa shape index (κ3) is 4.37. The lowest BCUT2D eigenvalue weighted by atomic mass is 10.0. The summed E-state index contributed by atoms with van der Waals surface area (Å²) in [5, 5.41) is 10.8. The van der Waals surface area contributed by atoms with Crippen molar-refractivity contribution >= 4 is 0 Å². The second-order valence-corrected chi connectivity index (χ2v) is 5.40. The number of aromatic nitrogens is 3. The Hall–Kier alpha value is -1.72. The highest BCUT2D eigenvalue weighted by atomic mass is 16.5. The molecule has 0 saturated carbocycles. The molecule has 0 spiro atoms. The molecule has 0 aliphatic rings. The first kappa shape index (κ1) is 15.7. The van der Waals surface area contributed by atoms with Crippen molar-refractivity contribution in [1.29, 1.82) is 0 Å². The predicted octanol–water partition coefficient (Wildman–Crippen LogP) is 2.62. The van der Waals surface area contributed by atoms with Crippen LogP contribution in [0.4, 0.5) is 0 Å². The Balaban J connectivity index is 2.02. The molecule has 0 bridgehead atoms. The van der Waals surface area contributed by atoms with Crippen LogP contribution in [0.1, 0.15) is 26.3 Å². The summed E-state index contributed by atoms with van der Waals surface area (Å²) in [5.74, 6) is 0.519. The zero-order chi connectivity index (χ0) is 15.1. The maximum atomic E-state index is 5.55. The van der Waals surface area contributed by atoms with E-state index in [-0.39, 0.29) is 0 Å². The van der Waals surface area contributed by atoms with E-state index < -0.39 is 0 Å². The zero-order valence-corrected chi connectivity index (χ0v) is 13.0. The fourth-order valence-corrected chi connectivity index (χ4v) is 2.18. The van der Waals surface area contributed by atoms with Crippen LogP contribution in [-0.2, 0) is 11.3 Å². The lowest BCUT2D eigenvalue weighted by Gasteiger charge is -2.22. The number of hydrogen-bond acceptors (Lipinski definition) is 4. The van der Waals surface area contributed by atoms with Gasteiger partial charge in [-0.3, -0.25) is 10.1 Å². The van der Waals surface area contributed by atoms with Crippen LogP contribution < -0.4 is 5.32 Å². The van der Waals surface area contributed by atoms with Crippen LogP contribution in [0.3, 0.4) is 0 Å². The molecule has 2 aromatic heterocycles. The molecule has 0 aromatic carbocycles. The van der Waals surface area contributed by atoms with Crippen LogP contribution in [0.2, 0.25) is 0 Å². The third-order valence-corrected chi connectivity index (χ3v) is 3.53. The molecule has 114 valence electrons. The van der Waals surface area contributed by atoms with Gasteiger partial charge in [0.1, 0.15) is 0 Å². The van der Waals surface area contributed by atoms with Crippen LogP contribution in [0, 0.1) is 5.92 Å².